The monoisotopic (exact) mass is 288 g/mol. The fraction of sp³-hybridized carbons (Fsp3) is 0.611. The van der Waals surface area contributed by atoms with Crippen molar-refractivity contribution in [3.63, 3.8) is 0 Å². The third-order valence-electron chi connectivity index (χ3n) is 4.45. The lowest BCUT2D eigenvalue weighted by Crippen LogP contribution is -2.35. The fourth-order valence-electron chi connectivity index (χ4n) is 2.89. The Balaban J connectivity index is 1.99. The molecule has 1 aliphatic heterocycles. The number of nitrogens with zero attached hydrogens (tertiary/aromatic N) is 1. The summed E-state index contributed by atoms with van der Waals surface area (Å²) in [5.41, 5.74) is 2.69. The molecule has 0 aromatic heterocycles. The SMILES string of the molecule is C[C@@H]1CNC[C@H]1C(=O)N(C)Cc1ccc(C(C)(C)C)cc1. The lowest BCUT2D eigenvalue weighted by Gasteiger charge is -2.24. The molecule has 1 heterocycles. The van der Waals surface area contributed by atoms with Crippen molar-refractivity contribution in [3.05, 3.63) is 35.4 Å². The lowest BCUT2D eigenvalue weighted by atomic mass is 9.86. The Hall–Kier alpha value is -1.35. The van der Waals surface area contributed by atoms with Gasteiger partial charge in [0.15, 0.2) is 0 Å². The van der Waals surface area contributed by atoms with E-state index in [0.717, 1.165) is 13.1 Å². The first kappa shape index (κ1) is 16.0. The van der Waals surface area contributed by atoms with Crippen LogP contribution in [0.2, 0.25) is 0 Å². The molecule has 0 aliphatic carbocycles. The molecule has 0 radical (unpaired) electrons. The number of hydrogen-bond donors (Lipinski definition) is 1. The minimum absolute atomic E-state index is 0.129. The zero-order chi connectivity index (χ0) is 15.6. The minimum Gasteiger partial charge on any atom is -0.341 e. The van der Waals surface area contributed by atoms with Crippen molar-refractivity contribution in [1.29, 1.82) is 0 Å². The second-order valence-corrected chi connectivity index (χ2v) is 7.38. The van der Waals surface area contributed by atoms with Gasteiger partial charge in [-0.2, -0.15) is 0 Å². The molecule has 0 unspecified atom stereocenters. The summed E-state index contributed by atoms with van der Waals surface area (Å²) in [6.45, 7) is 11.2. The Labute approximate surface area is 128 Å². The summed E-state index contributed by atoms with van der Waals surface area (Å²) in [6, 6.07) is 8.63. The van der Waals surface area contributed by atoms with Crippen LogP contribution in [0.15, 0.2) is 24.3 Å². The molecule has 1 N–H and O–H groups in total. The van der Waals surface area contributed by atoms with Gasteiger partial charge in [-0.1, -0.05) is 52.0 Å². The van der Waals surface area contributed by atoms with Gasteiger partial charge < -0.3 is 10.2 Å². The molecule has 0 saturated carbocycles. The van der Waals surface area contributed by atoms with E-state index in [-0.39, 0.29) is 17.2 Å². The highest BCUT2D eigenvalue weighted by atomic mass is 16.2. The molecular formula is C18H28N2O. The van der Waals surface area contributed by atoms with Gasteiger partial charge >= 0.3 is 0 Å². The maximum Gasteiger partial charge on any atom is 0.227 e. The second kappa shape index (κ2) is 6.18. The normalized spacial score (nSPS) is 22.3. The molecule has 1 amide bonds. The van der Waals surface area contributed by atoms with Gasteiger partial charge in [0.2, 0.25) is 5.91 Å². The highest BCUT2D eigenvalue weighted by molar-refractivity contribution is 5.79. The van der Waals surface area contributed by atoms with E-state index in [1.165, 1.54) is 11.1 Å². The van der Waals surface area contributed by atoms with Crippen LogP contribution in [0.5, 0.6) is 0 Å². The quantitative estimate of drug-likeness (QED) is 0.927. The molecule has 2 rings (SSSR count). The summed E-state index contributed by atoms with van der Waals surface area (Å²) >= 11 is 0. The van der Waals surface area contributed by atoms with Crippen LogP contribution in [0.25, 0.3) is 0 Å². The first-order chi connectivity index (χ1) is 9.79. The van der Waals surface area contributed by atoms with E-state index in [0.29, 0.717) is 12.5 Å². The van der Waals surface area contributed by atoms with Crippen molar-refractivity contribution in [2.45, 2.75) is 39.7 Å². The van der Waals surface area contributed by atoms with E-state index in [1.807, 2.05) is 11.9 Å². The van der Waals surface area contributed by atoms with Crippen LogP contribution >= 0.6 is 0 Å². The molecule has 116 valence electrons. The van der Waals surface area contributed by atoms with Crippen LogP contribution < -0.4 is 5.32 Å². The van der Waals surface area contributed by atoms with Crippen LogP contribution in [0, 0.1) is 11.8 Å². The molecule has 1 saturated heterocycles. The van der Waals surface area contributed by atoms with E-state index in [4.69, 9.17) is 0 Å². The average Bonchev–Trinajstić information content (AvgIpc) is 2.83. The first-order valence-corrected chi connectivity index (χ1v) is 7.84. The van der Waals surface area contributed by atoms with Gasteiger partial charge in [-0.3, -0.25) is 4.79 Å². The Kier molecular flexibility index (Phi) is 4.72. The van der Waals surface area contributed by atoms with Gasteiger partial charge in [0, 0.05) is 20.1 Å². The summed E-state index contributed by atoms with van der Waals surface area (Å²) in [5.74, 6) is 0.819. The molecule has 0 bridgehead atoms. The molecule has 21 heavy (non-hydrogen) atoms. The number of amides is 1. The van der Waals surface area contributed by atoms with Gasteiger partial charge in [-0.05, 0) is 29.0 Å². The van der Waals surface area contributed by atoms with E-state index in [2.05, 4.69) is 57.3 Å². The van der Waals surface area contributed by atoms with Crippen molar-refractivity contribution >= 4 is 5.91 Å². The van der Waals surface area contributed by atoms with E-state index in [1.54, 1.807) is 0 Å². The molecular weight excluding hydrogens is 260 g/mol. The van der Waals surface area contributed by atoms with Crippen LogP contribution in [0.4, 0.5) is 0 Å². The van der Waals surface area contributed by atoms with E-state index >= 15 is 0 Å². The number of benzene rings is 1. The summed E-state index contributed by atoms with van der Waals surface area (Å²) in [4.78, 5) is 14.3. The molecule has 2 atom stereocenters. The predicted octanol–water partition coefficient (Wildman–Crippen LogP) is 2.80. The van der Waals surface area contributed by atoms with Gasteiger partial charge in [0.05, 0.1) is 5.92 Å². The summed E-state index contributed by atoms with van der Waals surface area (Å²) in [7, 11) is 1.91. The van der Waals surface area contributed by atoms with E-state index < -0.39 is 0 Å². The second-order valence-electron chi connectivity index (χ2n) is 7.38. The Morgan fingerprint density at radius 2 is 1.86 bits per heavy atom. The first-order valence-electron chi connectivity index (χ1n) is 7.84. The minimum atomic E-state index is 0.129. The summed E-state index contributed by atoms with van der Waals surface area (Å²) in [6.07, 6.45) is 0. The lowest BCUT2D eigenvalue weighted by molar-refractivity contribution is -0.135. The maximum atomic E-state index is 12.5. The Bertz CT molecular complexity index is 487. The van der Waals surface area contributed by atoms with Crippen molar-refractivity contribution in [2.75, 3.05) is 20.1 Å². The number of nitrogens with one attached hydrogen (secondary N) is 1. The van der Waals surface area contributed by atoms with Crippen LogP contribution in [-0.4, -0.2) is 30.9 Å². The van der Waals surface area contributed by atoms with Crippen molar-refractivity contribution in [1.82, 2.24) is 10.2 Å². The summed E-state index contributed by atoms with van der Waals surface area (Å²) < 4.78 is 0. The largest absolute Gasteiger partial charge is 0.341 e. The van der Waals surface area contributed by atoms with Crippen molar-refractivity contribution in [3.8, 4) is 0 Å². The van der Waals surface area contributed by atoms with Crippen LogP contribution in [-0.2, 0) is 16.8 Å². The highest BCUT2D eigenvalue weighted by Gasteiger charge is 2.31. The van der Waals surface area contributed by atoms with Gasteiger partial charge in [-0.15, -0.1) is 0 Å². The van der Waals surface area contributed by atoms with Gasteiger partial charge in [-0.25, -0.2) is 0 Å². The summed E-state index contributed by atoms with van der Waals surface area (Å²) in [5, 5.41) is 3.30. The van der Waals surface area contributed by atoms with Crippen LogP contribution in [0.1, 0.15) is 38.8 Å². The molecule has 3 heteroatoms. The number of carbonyl (C=O) groups is 1. The molecule has 0 spiro atoms. The number of rotatable bonds is 3. The van der Waals surface area contributed by atoms with E-state index in [9.17, 15) is 4.79 Å². The zero-order valence-electron chi connectivity index (χ0n) is 13.9. The van der Waals surface area contributed by atoms with Crippen molar-refractivity contribution < 1.29 is 4.79 Å². The Morgan fingerprint density at radius 3 is 2.33 bits per heavy atom. The molecule has 1 aliphatic rings. The average molecular weight is 288 g/mol. The number of carbonyl (C=O) groups excluding carboxylic acids is 1. The molecule has 1 fully saturated rings. The molecule has 1 aromatic rings. The standard InChI is InChI=1S/C18H28N2O/c1-13-10-19-11-16(13)17(21)20(5)12-14-6-8-15(9-7-14)18(2,3)4/h6-9,13,16,19H,10-12H2,1-5H3/t13-,16-/m1/s1. The number of hydrogen-bond acceptors (Lipinski definition) is 2. The highest BCUT2D eigenvalue weighted by Crippen LogP contribution is 2.23. The molecule has 1 aromatic carbocycles. The Morgan fingerprint density at radius 1 is 1.24 bits per heavy atom. The topological polar surface area (TPSA) is 32.3 Å². The third-order valence-corrected chi connectivity index (χ3v) is 4.45. The van der Waals surface area contributed by atoms with Gasteiger partial charge in [0.25, 0.3) is 0 Å². The van der Waals surface area contributed by atoms with Gasteiger partial charge in [0.1, 0.15) is 0 Å². The maximum absolute atomic E-state index is 12.5. The fourth-order valence-corrected chi connectivity index (χ4v) is 2.89. The predicted molar refractivity (Wildman–Crippen MR) is 87.1 cm³/mol. The molecule has 3 nitrogen and oxygen atoms in total. The third kappa shape index (κ3) is 3.85. The van der Waals surface area contributed by atoms with Crippen LogP contribution in [0.3, 0.4) is 0 Å². The zero-order valence-corrected chi connectivity index (χ0v) is 13.9. The van der Waals surface area contributed by atoms with Crippen molar-refractivity contribution in [2.24, 2.45) is 11.8 Å². The smallest absolute Gasteiger partial charge is 0.227 e.